The summed E-state index contributed by atoms with van der Waals surface area (Å²) < 4.78 is 5.28. The molecule has 3 rings (SSSR count). The van der Waals surface area contributed by atoms with Gasteiger partial charge in [-0.15, -0.1) is 0 Å². The molecular weight excluding hydrogens is 318 g/mol. The number of rotatable bonds is 5. The molecule has 25 heavy (non-hydrogen) atoms. The van der Waals surface area contributed by atoms with Crippen LogP contribution in [0.1, 0.15) is 36.1 Å². The number of nitrogens with one attached hydrogen (secondary N) is 1. The molecule has 2 aromatic carbocycles. The van der Waals surface area contributed by atoms with Gasteiger partial charge in [0.05, 0.1) is 18.7 Å². The number of carboxylic acids is 1. The second kappa shape index (κ2) is 6.81. The first kappa shape index (κ1) is 16.8. The second-order valence-corrected chi connectivity index (χ2v) is 5.77. The summed E-state index contributed by atoms with van der Waals surface area (Å²) in [5.74, 6) is -0.629. The van der Waals surface area contributed by atoms with Crippen LogP contribution in [-0.4, -0.2) is 24.1 Å². The third kappa shape index (κ3) is 3.01. The van der Waals surface area contributed by atoms with Crippen LogP contribution in [0, 0.1) is 0 Å². The number of benzene rings is 2. The van der Waals surface area contributed by atoms with Gasteiger partial charge in [-0.25, -0.2) is 4.79 Å². The van der Waals surface area contributed by atoms with E-state index in [1.54, 1.807) is 26.2 Å². The molecule has 1 atom stereocenters. The molecule has 0 aliphatic heterocycles. The number of amides is 1. The SMILES string of the molecule is CCC(=O)NC1C(C(=O)O)=C(c2ccccc2)c2ccc(OC)cc21. The lowest BCUT2D eigenvalue weighted by Crippen LogP contribution is -2.30. The Morgan fingerprint density at radius 1 is 1.16 bits per heavy atom. The summed E-state index contributed by atoms with van der Waals surface area (Å²) in [6, 6.07) is 14.1. The zero-order chi connectivity index (χ0) is 18.0. The molecule has 2 aromatic rings. The van der Waals surface area contributed by atoms with Crippen LogP contribution in [0.2, 0.25) is 0 Å². The molecule has 5 heteroatoms. The highest BCUT2D eigenvalue weighted by molar-refractivity contribution is 6.06. The summed E-state index contributed by atoms with van der Waals surface area (Å²) in [5.41, 5.74) is 3.14. The summed E-state index contributed by atoms with van der Waals surface area (Å²) in [5, 5.41) is 12.7. The average Bonchev–Trinajstić information content (AvgIpc) is 2.95. The molecule has 0 aromatic heterocycles. The van der Waals surface area contributed by atoms with E-state index in [2.05, 4.69) is 5.32 Å². The fraction of sp³-hybridized carbons (Fsp3) is 0.200. The Kier molecular flexibility index (Phi) is 4.57. The quantitative estimate of drug-likeness (QED) is 0.879. The van der Waals surface area contributed by atoms with Crippen LogP contribution in [-0.2, 0) is 9.59 Å². The Balaban J connectivity index is 2.24. The molecule has 0 saturated carbocycles. The Morgan fingerprint density at radius 2 is 1.88 bits per heavy atom. The molecular formula is C20H19NO4. The largest absolute Gasteiger partial charge is 0.497 e. The van der Waals surface area contributed by atoms with Gasteiger partial charge in [-0.1, -0.05) is 43.3 Å². The normalized spacial score (nSPS) is 15.7. The smallest absolute Gasteiger partial charge is 0.334 e. The van der Waals surface area contributed by atoms with Gasteiger partial charge in [0, 0.05) is 12.0 Å². The second-order valence-electron chi connectivity index (χ2n) is 5.77. The first-order valence-electron chi connectivity index (χ1n) is 8.07. The molecule has 0 fully saturated rings. The molecule has 0 radical (unpaired) electrons. The number of carbonyl (C=O) groups is 2. The monoisotopic (exact) mass is 337 g/mol. The number of hydrogen-bond donors (Lipinski definition) is 2. The van der Waals surface area contributed by atoms with Gasteiger partial charge in [0.15, 0.2) is 0 Å². The first-order valence-corrected chi connectivity index (χ1v) is 8.07. The van der Waals surface area contributed by atoms with E-state index in [9.17, 15) is 14.7 Å². The molecule has 128 valence electrons. The summed E-state index contributed by atoms with van der Waals surface area (Å²) >= 11 is 0. The minimum absolute atomic E-state index is 0.177. The zero-order valence-electron chi connectivity index (χ0n) is 14.1. The maximum atomic E-state index is 12.0. The minimum atomic E-state index is -1.05. The van der Waals surface area contributed by atoms with Crippen LogP contribution in [0.25, 0.3) is 5.57 Å². The van der Waals surface area contributed by atoms with Crippen LogP contribution in [0.4, 0.5) is 0 Å². The van der Waals surface area contributed by atoms with Crippen molar-refractivity contribution in [2.24, 2.45) is 0 Å². The molecule has 1 amide bonds. The molecule has 0 saturated heterocycles. The maximum Gasteiger partial charge on any atom is 0.334 e. The third-order valence-corrected chi connectivity index (χ3v) is 4.32. The van der Waals surface area contributed by atoms with Crippen molar-refractivity contribution in [2.45, 2.75) is 19.4 Å². The van der Waals surface area contributed by atoms with Gasteiger partial charge in [0.25, 0.3) is 0 Å². The van der Waals surface area contributed by atoms with E-state index in [1.807, 2.05) is 36.4 Å². The lowest BCUT2D eigenvalue weighted by molar-refractivity contribution is -0.133. The number of hydrogen-bond acceptors (Lipinski definition) is 3. The molecule has 1 aliphatic carbocycles. The molecule has 0 bridgehead atoms. The van der Waals surface area contributed by atoms with Gasteiger partial charge in [-0.2, -0.15) is 0 Å². The summed E-state index contributed by atoms with van der Waals surface area (Å²) in [6.07, 6.45) is 0.281. The lowest BCUT2D eigenvalue weighted by Gasteiger charge is -2.16. The highest BCUT2D eigenvalue weighted by Gasteiger charge is 2.37. The van der Waals surface area contributed by atoms with Crippen LogP contribution < -0.4 is 10.1 Å². The van der Waals surface area contributed by atoms with E-state index in [-0.39, 0.29) is 17.9 Å². The highest BCUT2D eigenvalue weighted by Crippen LogP contribution is 2.45. The van der Waals surface area contributed by atoms with Crippen LogP contribution in [0.5, 0.6) is 5.75 Å². The van der Waals surface area contributed by atoms with E-state index in [4.69, 9.17) is 4.74 Å². The maximum absolute atomic E-state index is 12.0. The van der Waals surface area contributed by atoms with Crippen molar-refractivity contribution >= 4 is 17.4 Å². The lowest BCUT2D eigenvalue weighted by atomic mass is 9.97. The molecule has 1 unspecified atom stereocenters. The van der Waals surface area contributed by atoms with E-state index < -0.39 is 12.0 Å². The summed E-state index contributed by atoms with van der Waals surface area (Å²) in [7, 11) is 1.56. The van der Waals surface area contributed by atoms with E-state index in [0.717, 1.165) is 16.7 Å². The van der Waals surface area contributed by atoms with Crippen molar-refractivity contribution < 1.29 is 19.4 Å². The van der Waals surface area contributed by atoms with Crippen molar-refractivity contribution in [1.29, 1.82) is 0 Å². The van der Waals surface area contributed by atoms with Gasteiger partial charge >= 0.3 is 5.97 Å². The fourth-order valence-electron chi connectivity index (χ4n) is 3.14. The topological polar surface area (TPSA) is 75.6 Å². The number of carbonyl (C=O) groups excluding carboxylic acids is 1. The van der Waals surface area contributed by atoms with Gasteiger partial charge in [-0.05, 0) is 28.8 Å². The number of aliphatic carboxylic acids is 1. The standard InChI is InChI=1S/C20H19NO4/c1-3-16(22)21-19-15-11-13(25-2)9-10-14(15)17(18(19)20(23)24)12-7-5-4-6-8-12/h4-11,19H,3H2,1-2H3,(H,21,22)(H,23,24). The van der Waals surface area contributed by atoms with Gasteiger partial charge in [0.1, 0.15) is 5.75 Å². The number of fused-ring (bicyclic) bond motifs is 1. The Hall–Kier alpha value is -3.08. The van der Waals surface area contributed by atoms with E-state index in [1.165, 1.54) is 0 Å². The fourth-order valence-corrected chi connectivity index (χ4v) is 3.14. The van der Waals surface area contributed by atoms with Crippen molar-refractivity contribution in [3.63, 3.8) is 0 Å². The molecule has 1 aliphatic rings. The van der Waals surface area contributed by atoms with Gasteiger partial charge < -0.3 is 15.2 Å². The third-order valence-electron chi connectivity index (χ3n) is 4.32. The highest BCUT2D eigenvalue weighted by atomic mass is 16.5. The zero-order valence-corrected chi connectivity index (χ0v) is 14.1. The van der Waals surface area contributed by atoms with Crippen molar-refractivity contribution in [3.8, 4) is 5.75 Å². The number of ether oxygens (including phenoxy) is 1. The molecule has 0 spiro atoms. The predicted octanol–water partition coefficient (Wildman–Crippen LogP) is 3.16. The van der Waals surface area contributed by atoms with Crippen LogP contribution in [0.15, 0.2) is 54.1 Å². The Labute approximate surface area is 145 Å². The van der Waals surface area contributed by atoms with Crippen molar-refractivity contribution in [2.75, 3.05) is 7.11 Å². The minimum Gasteiger partial charge on any atom is -0.497 e. The van der Waals surface area contributed by atoms with E-state index in [0.29, 0.717) is 11.3 Å². The average molecular weight is 337 g/mol. The molecule has 5 nitrogen and oxygen atoms in total. The Morgan fingerprint density at radius 3 is 2.48 bits per heavy atom. The Bertz CT molecular complexity index is 855. The molecule has 0 heterocycles. The van der Waals surface area contributed by atoms with Gasteiger partial charge in [0.2, 0.25) is 5.91 Å². The van der Waals surface area contributed by atoms with Crippen LogP contribution >= 0.6 is 0 Å². The van der Waals surface area contributed by atoms with Crippen molar-refractivity contribution in [1.82, 2.24) is 5.32 Å². The number of carboxylic acid groups (broad SMARTS) is 1. The van der Waals surface area contributed by atoms with E-state index >= 15 is 0 Å². The molecule has 2 N–H and O–H groups in total. The first-order chi connectivity index (χ1) is 12.1. The summed E-state index contributed by atoms with van der Waals surface area (Å²) in [6.45, 7) is 1.74. The number of methoxy groups -OCH3 is 1. The summed E-state index contributed by atoms with van der Waals surface area (Å²) in [4.78, 5) is 24.0. The van der Waals surface area contributed by atoms with Gasteiger partial charge in [-0.3, -0.25) is 4.79 Å². The van der Waals surface area contributed by atoms with Crippen molar-refractivity contribution in [3.05, 3.63) is 70.8 Å². The predicted molar refractivity (Wildman–Crippen MR) is 94.3 cm³/mol. The van der Waals surface area contributed by atoms with Crippen LogP contribution in [0.3, 0.4) is 0 Å².